The van der Waals surface area contributed by atoms with Crippen LogP contribution in [0.15, 0.2) is 47.1 Å². The molecule has 0 radical (unpaired) electrons. The van der Waals surface area contributed by atoms with Crippen LogP contribution in [0.2, 0.25) is 0 Å². The standard InChI is InChI=1S/C15H15NO3/c1-11-5-7-14(18-2)13(10-11)16-15(17)8-6-12-4-3-9-19-12/h3-10H,1-2H3,(H,16,17)/b8-6+. The molecule has 19 heavy (non-hydrogen) atoms. The molecular formula is C15H15NO3. The van der Waals surface area contributed by atoms with Crippen LogP contribution in [0.1, 0.15) is 11.3 Å². The van der Waals surface area contributed by atoms with Gasteiger partial charge in [0.15, 0.2) is 0 Å². The second kappa shape index (κ2) is 5.91. The lowest BCUT2D eigenvalue weighted by atomic mass is 10.2. The molecule has 0 atom stereocenters. The van der Waals surface area contributed by atoms with Gasteiger partial charge < -0.3 is 14.5 Å². The van der Waals surface area contributed by atoms with Gasteiger partial charge in [-0.15, -0.1) is 0 Å². The van der Waals surface area contributed by atoms with Crippen molar-refractivity contribution >= 4 is 17.7 Å². The number of methoxy groups -OCH3 is 1. The zero-order chi connectivity index (χ0) is 13.7. The number of furan rings is 1. The molecule has 0 fully saturated rings. The van der Waals surface area contributed by atoms with Gasteiger partial charge >= 0.3 is 0 Å². The fourth-order valence-electron chi connectivity index (χ4n) is 1.64. The Bertz CT molecular complexity index is 585. The van der Waals surface area contributed by atoms with Crippen LogP contribution < -0.4 is 10.1 Å². The number of anilines is 1. The number of benzene rings is 1. The highest BCUT2D eigenvalue weighted by atomic mass is 16.5. The highest BCUT2D eigenvalue weighted by Gasteiger charge is 2.05. The molecular weight excluding hydrogens is 242 g/mol. The van der Waals surface area contributed by atoms with E-state index in [1.54, 1.807) is 31.6 Å². The van der Waals surface area contributed by atoms with Crippen molar-refractivity contribution in [3.8, 4) is 5.75 Å². The van der Waals surface area contributed by atoms with Gasteiger partial charge in [-0.2, -0.15) is 0 Å². The maximum atomic E-state index is 11.8. The van der Waals surface area contributed by atoms with Crippen LogP contribution in [0, 0.1) is 6.92 Å². The molecule has 0 bridgehead atoms. The predicted octanol–water partition coefficient (Wildman–Crippen LogP) is 3.25. The summed E-state index contributed by atoms with van der Waals surface area (Å²) < 4.78 is 10.3. The Morgan fingerprint density at radius 2 is 2.21 bits per heavy atom. The molecule has 1 aromatic heterocycles. The largest absolute Gasteiger partial charge is 0.495 e. The first-order chi connectivity index (χ1) is 9.19. The Morgan fingerprint density at radius 3 is 2.89 bits per heavy atom. The van der Waals surface area contributed by atoms with Crippen LogP contribution in [0.25, 0.3) is 6.08 Å². The summed E-state index contributed by atoms with van der Waals surface area (Å²) in [7, 11) is 1.57. The van der Waals surface area contributed by atoms with Gasteiger partial charge in [0.2, 0.25) is 5.91 Å². The molecule has 2 aromatic rings. The minimum Gasteiger partial charge on any atom is -0.495 e. The van der Waals surface area contributed by atoms with Gasteiger partial charge in [-0.05, 0) is 42.8 Å². The predicted molar refractivity (Wildman–Crippen MR) is 74.1 cm³/mol. The second-order valence-electron chi connectivity index (χ2n) is 4.04. The number of aryl methyl sites for hydroxylation is 1. The van der Waals surface area contributed by atoms with E-state index < -0.39 is 0 Å². The molecule has 0 aliphatic carbocycles. The van der Waals surface area contributed by atoms with E-state index in [-0.39, 0.29) is 5.91 Å². The quantitative estimate of drug-likeness (QED) is 0.855. The summed E-state index contributed by atoms with van der Waals surface area (Å²) in [6, 6.07) is 9.14. The molecule has 98 valence electrons. The Labute approximate surface area is 111 Å². The van der Waals surface area contributed by atoms with Crippen LogP contribution >= 0.6 is 0 Å². The molecule has 4 nitrogen and oxygen atoms in total. The highest BCUT2D eigenvalue weighted by Crippen LogP contribution is 2.25. The first-order valence-corrected chi connectivity index (χ1v) is 5.86. The van der Waals surface area contributed by atoms with Crippen molar-refractivity contribution in [2.24, 2.45) is 0 Å². The number of carbonyl (C=O) groups excluding carboxylic acids is 1. The summed E-state index contributed by atoms with van der Waals surface area (Å²) in [5, 5.41) is 2.77. The smallest absolute Gasteiger partial charge is 0.248 e. The number of ether oxygens (including phenoxy) is 1. The molecule has 1 aromatic carbocycles. The van der Waals surface area contributed by atoms with Crippen molar-refractivity contribution in [3.63, 3.8) is 0 Å². The van der Waals surface area contributed by atoms with Gasteiger partial charge in [-0.3, -0.25) is 4.79 Å². The fourth-order valence-corrected chi connectivity index (χ4v) is 1.64. The summed E-state index contributed by atoms with van der Waals surface area (Å²) in [4.78, 5) is 11.8. The summed E-state index contributed by atoms with van der Waals surface area (Å²) in [5.41, 5.74) is 1.70. The van der Waals surface area contributed by atoms with E-state index in [0.717, 1.165) is 5.56 Å². The van der Waals surface area contributed by atoms with Crippen molar-refractivity contribution in [2.75, 3.05) is 12.4 Å². The second-order valence-corrected chi connectivity index (χ2v) is 4.04. The van der Waals surface area contributed by atoms with Crippen molar-refractivity contribution in [2.45, 2.75) is 6.92 Å². The average molecular weight is 257 g/mol. The van der Waals surface area contributed by atoms with Gasteiger partial charge in [0.1, 0.15) is 11.5 Å². The summed E-state index contributed by atoms with van der Waals surface area (Å²) in [6.45, 7) is 1.95. The number of hydrogen-bond donors (Lipinski definition) is 1. The van der Waals surface area contributed by atoms with E-state index in [4.69, 9.17) is 9.15 Å². The van der Waals surface area contributed by atoms with Crippen molar-refractivity contribution in [1.82, 2.24) is 0 Å². The zero-order valence-corrected chi connectivity index (χ0v) is 10.8. The van der Waals surface area contributed by atoms with Crippen LogP contribution in [0.4, 0.5) is 5.69 Å². The van der Waals surface area contributed by atoms with Crippen molar-refractivity contribution < 1.29 is 13.9 Å². The lowest BCUT2D eigenvalue weighted by Crippen LogP contribution is -2.09. The van der Waals surface area contributed by atoms with E-state index in [1.807, 2.05) is 25.1 Å². The van der Waals surface area contributed by atoms with Crippen molar-refractivity contribution in [3.05, 3.63) is 54.0 Å². The van der Waals surface area contributed by atoms with E-state index in [2.05, 4.69) is 5.32 Å². The Hall–Kier alpha value is -2.49. The third-order valence-corrected chi connectivity index (χ3v) is 2.56. The summed E-state index contributed by atoms with van der Waals surface area (Å²) in [6.07, 6.45) is 4.58. The lowest BCUT2D eigenvalue weighted by Gasteiger charge is -2.09. The van der Waals surface area contributed by atoms with Crippen molar-refractivity contribution in [1.29, 1.82) is 0 Å². The molecule has 1 N–H and O–H groups in total. The van der Waals surface area contributed by atoms with Gasteiger partial charge in [0, 0.05) is 6.08 Å². The zero-order valence-electron chi connectivity index (χ0n) is 10.8. The number of amides is 1. The summed E-state index contributed by atoms with van der Waals surface area (Å²) in [5.74, 6) is 1.03. The minimum atomic E-state index is -0.236. The molecule has 0 saturated carbocycles. The topological polar surface area (TPSA) is 51.5 Å². The Balaban J connectivity index is 2.08. The van der Waals surface area contributed by atoms with Crippen LogP contribution in [-0.2, 0) is 4.79 Å². The molecule has 0 aliphatic heterocycles. The van der Waals surface area contributed by atoms with Crippen LogP contribution in [0.5, 0.6) is 5.75 Å². The molecule has 1 amide bonds. The van der Waals surface area contributed by atoms with Gasteiger partial charge in [0.25, 0.3) is 0 Å². The maximum absolute atomic E-state index is 11.8. The SMILES string of the molecule is COc1ccc(C)cc1NC(=O)/C=C/c1ccco1. The fraction of sp³-hybridized carbons (Fsp3) is 0.133. The number of rotatable bonds is 4. The van der Waals surface area contributed by atoms with Gasteiger partial charge in [0.05, 0.1) is 19.1 Å². The first-order valence-electron chi connectivity index (χ1n) is 5.86. The first kappa shape index (κ1) is 13.0. The molecule has 0 saturated heterocycles. The molecule has 4 heteroatoms. The number of hydrogen-bond acceptors (Lipinski definition) is 3. The van der Waals surface area contributed by atoms with Gasteiger partial charge in [-0.1, -0.05) is 6.07 Å². The maximum Gasteiger partial charge on any atom is 0.248 e. The minimum absolute atomic E-state index is 0.236. The van der Waals surface area contributed by atoms with E-state index in [1.165, 1.54) is 6.08 Å². The lowest BCUT2D eigenvalue weighted by molar-refractivity contribution is -0.111. The highest BCUT2D eigenvalue weighted by molar-refractivity contribution is 6.02. The Morgan fingerprint density at radius 1 is 1.37 bits per heavy atom. The van der Waals surface area contributed by atoms with E-state index in [9.17, 15) is 4.79 Å². The van der Waals surface area contributed by atoms with E-state index in [0.29, 0.717) is 17.2 Å². The molecule has 0 unspecified atom stereocenters. The number of carbonyl (C=O) groups is 1. The Kier molecular flexibility index (Phi) is 4.03. The normalized spacial score (nSPS) is 10.6. The molecule has 0 aliphatic rings. The third-order valence-electron chi connectivity index (χ3n) is 2.56. The van der Waals surface area contributed by atoms with Gasteiger partial charge in [-0.25, -0.2) is 0 Å². The number of nitrogens with one attached hydrogen (secondary N) is 1. The molecule has 2 rings (SSSR count). The van der Waals surface area contributed by atoms with Crippen LogP contribution in [-0.4, -0.2) is 13.0 Å². The molecule has 1 heterocycles. The van der Waals surface area contributed by atoms with E-state index >= 15 is 0 Å². The third kappa shape index (κ3) is 3.48. The molecule has 0 spiro atoms. The monoisotopic (exact) mass is 257 g/mol. The average Bonchev–Trinajstić information content (AvgIpc) is 2.90. The van der Waals surface area contributed by atoms with Crippen LogP contribution in [0.3, 0.4) is 0 Å². The summed E-state index contributed by atoms with van der Waals surface area (Å²) >= 11 is 0.